The minimum absolute atomic E-state index is 0.00882. The van der Waals surface area contributed by atoms with Crippen LogP contribution in [0.2, 0.25) is 5.28 Å². The van der Waals surface area contributed by atoms with E-state index in [1.54, 1.807) is 18.3 Å². The molecule has 0 radical (unpaired) electrons. The number of carbonyl (C=O) groups is 1. The molecule has 0 atom stereocenters. The lowest BCUT2D eigenvalue weighted by Gasteiger charge is -2.09. The highest BCUT2D eigenvalue weighted by Gasteiger charge is 2.07. The fraction of sp³-hybridized carbons (Fsp3) is 0.111. The van der Waals surface area contributed by atoms with Crippen LogP contribution in [0.15, 0.2) is 48.8 Å². The second kappa shape index (κ2) is 8.41. The molecule has 1 aromatic carbocycles. The van der Waals surface area contributed by atoms with Crippen molar-refractivity contribution in [3.63, 3.8) is 0 Å². The minimum Gasteiger partial charge on any atom is -0.391 e. The maximum atomic E-state index is 13.8. The first-order valence-electron chi connectivity index (χ1n) is 7.96. The van der Waals surface area contributed by atoms with Crippen LogP contribution in [0.3, 0.4) is 0 Å². The van der Waals surface area contributed by atoms with Gasteiger partial charge in [-0.05, 0) is 53.8 Å². The lowest BCUT2D eigenvalue weighted by atomic mass is 10.0. The molecule has 138 valence electrons. The predicted octanol–water partition coefficient (Wildman–Crippen LogP) is 3.65. The number of nitrogens with one attached hydrogen (secondary N) is 1. The lowest BCUT2D eigenvalue weighted by molar-refractivity contribution is 0.209. The first-order chi connectivity index (χ1) is 13.0. The first-order valence-corrected chi connectivity index (χ1v) is 8.33. The van der Waals surface area contributed by atoms with Crippen molar-refractivity contribution in [2.24, 2.45) is 5.73 Å². The van der Waals surface area contributed by atoms with Gasteiger partial charge in [-0.25, -0.2) is 19.2 Å². The van der Waals surface area contributed by atoms with E-state index in [2.05, 4.69) is 20.3 Å². The normalized spacial score (nSPS) is 10.4. The fourth-order valence-electron chi connectivity index (χ4n) is 2.43. The van der Waals surface area contributed by atoms with E-state index in [0.29, 0.717) is 18.5 Å². The van der Waals surface area contributed by atoms with Gasteiger partial charge in [-0.2, -0.15) is 4.98 Å². The average Bonchev–Trinajstić information content (AvgIpc) is 2.63. The van der Waals surface area contributed by atoms with Gasteiger partial charge in [0.25, 0.3) is 0 Å². The maximum absolute atomic E-state index is 13.8. The van der Waals surface area contributed by atoms with E-state index in [4.69, 9.17) is 22.1 Å². The lowest BCUT2D eigenvalue weighted by Crippen LogP contribution is -2.17. The summed E-state index contributed by atoms with van der Waals surface area (Å²) in [7, 11) is 0. The zero-order valence-electron chi connectivity index (χ0n) is 14.0. The summed E-state index contributed by atoms with van der Waals surface area (Å²) in [6.07, 6.45) is 3.05. The highest BCUT2D eigenvalue weighted by molar-refractivity contribution is 6.28. The molecule has 0 spiro atoms. The van der Waals surface area contributed by atoms with E-state index in [1.165, 1.54) is 0 Å². The van der Waals surface area contributed by atoms with Gasteiger partial charge in [0.15, 0.2) is 11.6 Å². The van der Waals surface area contributed by atoms with Crippen molar-refractivity contribution in [1.82, 2.24) is 15.0 Å². The Morgan fingerprint density at radius 2 is 1.96 bits per heavy atom. The standard InChI is InChI=1S/C18H15ClFN5O2/c19-17-23-10-14(20)16(25-17)24-13-3-1-2-11(8-13)4-5-12-6-7-22-15(9-12)27-18(21)26/h1-3,6-10H,4-5H2,(H2,21,26)(H,23,24,25). The number of amides is 1. The summed E-state index contributed by atoms with van der Waals surface area (Å²) in [5, 5.41) is 2.85. The molecule has 0 unspecified atom stereocenters. The number of anilines is 2. The molecule has 1 amide bonds. The summed E-state index contributed by atoms with van der Waals surface area (Å²) in [4.78, 5) is 22.1. The molecule has 2 heterocycles. The van der Waals surface area contributed by atoms with Gasteiger partial charge in [-0.1, -0.05) is 12.1 Å². The van der Waals surface area contributed by atoms with Crippen molar-refractivity contribution < 1.29 is 13.9 Å². The number of rotatable bonds is 6. The molecular weight excluding hydrogens is 373 g/mol. The fourth-order valence-corrected chi connectivity index (χ4v) is 2.56. The van der Waals surface area contributed by atoms with Crippen LogP contribution in [0.4, 0.5) is 20.7 Å². The third kappa shape index (κ3) is 5.35. The SMILES string of the molecule is NC(=O)Oc1cc(CCc2cccc(Nc3nc(Cl)ncc3F)c2)ccn1. The zero-order valence-corrected chi connectivity index (χ0v) is 14.8. The van der Waals surface area contributed by atoms with Crippen molar-refractivity contribution in [3.05, 3.63) is 71.0 Å². The molecule has 3 N–H and O–H groups in total. The molecule has 9 heteroatoms. The number of nitrogens with zero attached hydrogens (tertiary/aromatic N) is 3. The molecule has 0 aliphatic rings. The molecule has 0 saturated heterocycles. The molecule has 0 saturated carbocycles. The van der Waals surface area contributed by atoms with Gasteiger partial charge in [0.05, 0.1) is 6.20 Å². The second-order valence-electron chi connectivity index (χ2n) is 5.58. The van der Waals surface area contributed by atoms with E-state index >= 15 is 0 Å². The van der Waals surface area contributed by atoms with Gasteiger partial charge in [-0.3, -0.25) is 0 Å². The average molecular weight is 388 g/mol. The monoisotopic (exact) mass is 387 g/mol. The number of nitrogens with two attached hydrogens (primary N) is 1. The summed E-state index contributed by atoms with van der Waals surface area (Å²) in [5.41, 5.74) is 7.62. The topological polar surface area (TPSA) is 103 Å². The van der Waals surface area contributed by atoms with Crippen LogP contribution in [0.25, 0.3) is 0 Å². The Morgan fingerprint density at radius 3 is 2.74 bits per heavy atom. The molecule has 27 heavy (non-hydrogen) atoms. The van der Waals surface area contributed by atoms with Gasteiger partial charge in [-0.15, -0.1) is 0 Å². The molecule has 0 fully saturated rings. The van der Waals surface area contributed by atoms with Crippen LogP contribution in [-0.2, 0) is 12.8 Å². The molecule has 7 nitrogen and oxygen atoms in total. The Kier molecular flexibility index (Phi) is 5.77. The van der Waals surface area contributed by atoms with E-state index in [-0.39, 0.29) is 17.0 Å². The molecule has 0 bridgehead atoms. The third-order valence-corrected chi connectivity index (χ3v) is 3.79. The van der Waals surface area contributed by atoms with Crippen LogP contribution in [-0.4, -0.2) is 21.0 Å². The number of aryl methyl sites for hydroxylation is 2. The zero-order chi connectivity index (χ0) is 19.2. The summed E-state index contributed by atoms with van der Waals surface area (Å²) in [5.74, 6) is -0.426. The van der Waals surface area contributed by atoms with Crippen molar-refractivity contribution in [3.8, 4) is 5.88 Å². The largest absolute Gasteiger partial charge is 0.411 e. The highest BCUT2D eigenvalue weighted by atomic mass is 35.5. The van der Waals surface area contributed by atoms with Crippen molar-refractivity contribution >= 4 is 29.2 Å². The van der Waals surface area contributed by atoms with Crippen LogP contribution in [0.1, 0.15) is 11.1 Å². The Balaban J connectivity index is 1.67. The Morgan fingerprint density at radius 1 is 1.19 bits per heavy atom. The third-order valence-electron chi connectivity index (χ3n) is 3.61. The number of primary amides is 1. The molecule has 3 aromatic rings. The Labute approximate surface area is 159 Å². The number of pyridine rings is 1. The van der Waals surface area contributed by atoms with Gasteiger partial charge in [0.1, 0.15) is 0 Å². The Hall–Kier alpha value is -3.26. The Bertz CT molecular complexity index is 970. The maximum Gasteiger partial charge on any atom is 0.411 e. The van der Waals surface area contributed by atoms with Gasteiger partial charge >= 0.3 is 6.09 Å². The molecule has 0 aliphatic carbocycles. The van der Waals surface area contributed by atoms with Crippen molar-refractivity contribution in [2.45, 2.75) is 12.8 Å². The van der Waals surface area contributed by atoms with E-state index in [1.807, 2.05) is 24.3 Å². The predicted molar refractivity (Wildman–Crippen MR) is 98.6 cm³/mol. The number of hydrogen-bond acceptors (Lipinski definition) is 6. The smallest absolute Gasteiger partial charge is 0.391 e. The second-order valence-corrected chi connectivity index (χ2v) is 5.92. The minimum atomic E-state index is -0.907. The van der Waals surface area contributed by atoms with Crippen LogP contribution in [0.5, 0.6) is 5.88 Å². The molecular formula is C18H15ClFN5O2. The summed E-state index contributed by atoms with van der Waals surface area (Å²) < 4.78 is 18.5. The van der Waals surface area contributed by atoms with Gasteiger partial charge in [0.2, 0.25) is 11.2 Å². The molecule has 2 aromatic heterocycles. The number of ether oxygens (including phenoxy) is 1. The molecule has 0 aliphatic heterocycles. The van der Waals surface area contributed by atoms with Gasteiger partial charge < -0.3 is 15.8 Å². The summed E-state index contributed by atoms with van der Waals surface area (Å²) >= 11 is 5.70. The number of carbonyl (C=O) groups excluding carboxylic acids is 1. The van der Waals surface area contributed by atoms with Crippen LogP contribution >= 0.6 is 11.6 Å². The molecule has 3 rings (SSSR count). The van der Waals surface area contributed by atoms with Crippen molar-refractivity contribution in [1.29, 1.82) is 0 Å². The number of halogens is 2. The number of benzene rings is 1. The van der Waals surface area contributed by atoms with Crippen LogP contribution in [0, 0.1) is 5.82 Å². The number of hydrogen-bond donors (Lipinski definition) is 2. The van der Waals surface area contributed by atoms with E-state index < -0.39 is 11.9 Å². The number of aromatic nitrogens is 3. The van der Waals surface area contributed by atoms with Crippen LogP contribution < -0.4 is 15.8 Å². The van der Waals surface area contributed by atoms with Gasteiger partial charge in [0, 0.05) is 18.0 Å². The quantitative estimate of drug-likeness (QED) is 0.626. The van der Waals surface area contributed by atoms with E-state index in [9.17, 15) is 9.18 Å². The summed E-state index contributed by atoms with van der Waals surface area (Å²) in [6.45, 7) is 0. The first kappa shape index (κ1) is 18.5. The van der Waals surface area contributed by atoms with E-state index in [0.717, 1.165) is 17.3 Å². The summed E-state index contributed by atoms with van der Waals surface area (Å²) in [6, 6.07) is 11.0. The highest BCUT2D eigenvalue weighted by Crippen LogP contribution is 2.20. The van der Waals surface area contributed by atoms with Crippen molar-refractivity contribution in [2.75, 3.05) is 5.32 Å².